The van der Waals surface area contributed by atoms with Crippen LogP contribution in [0.15, 0.2) is 78.9 Å². The number of para-hydroxylation sites is 3. The smallest absolute Gasteiger partial charge is 0.545 e. The van der Waals surface area contributed by atoms with E-state index in [9.17, 15) is 19.8 Å². The first-order valence-corrected chi connectivity index (χ1v) is 7.55. The van der Waals surface area contributed by atoms with Gasteiger partial charge in [-0.1, -0.05) is 42.5 Å². The number of carboxylic acids is 2. The second-order valence-corrected chi connectivity index (χ2v) is 4.94. The number of phenols is 3. The molecule has 0 fully saturated rings. The van der Waals surface area contributed by atoms with Crippen molar-refractivity contribution in [3.8, 4) is 17.2 Å². The zero-order valence-corrected chi connectivity index (χ0v) is 14.4. The van der Waals surface area contributed by atoms with Crippen molar-refractivity contribution in [1.29, 1.82) is 0 Å². The number of benzene rings is 3. The molecule has 0 spiro atoms. The number of hydrogen-bond donors (Lipinski definition) is 3. The van der Waals surface area contributed by atoms with Crippen LogP contribution >= 0.6 is 0 Å². The van der Waals surface area contributed by atoms with Gasteiger partial charge in [0.25, 0.3) is 0 Å². The van der Waals surface area contributed by atoms with Crippen molar-refractivity contribution in [3.63, 3.8) is 0 Å². The van der Waals surface area contributed by atoms with E-state index in [1.165, 1.54) is 36.4 Å². The number of carbonyl (C=O) groups is 2. The normalized spacial score (nSPS) is 8.71. The van der Waals surface area contributed by atoms with Crippen LogP contribution in [0, 0.1) is 0 Å². The Labute approximate surface area is 160 Å². The third-order valence-electron chi connectivity index (χ3n) is 3.00. The van der Waals surface area contributed by atoms with Gasteiger partial charge in [-0.2, -0.15) is 0 Å². The van der Waals surface area contributed by atoms with Gasteiger partial charge in [-0.05, 0) is 36.4 Å². The molecule has 3 rings (SSSR count). The van der Waals surface area contributed by atoms with E-state index in [1.54, 1.807) is 36.4 Å². The minimum absolute atomic E-state index is 0. The van der Waals surface area contributed by atoms with Gasteiger partial charge in [-0.15, -0.1) is 0 Å². The van der Waals surface area contributed by atoms with Crippen LogP contribution in [-0.2, 0) is 5.48 Å². The van der Waals surface area contributed by atoms with Crippen molar-refractivity contribution in [2.24, 2.45) is 0 Å². The van der Waals surface area contributed by atoms with E-state index in [1.807, 2.05) is 6.07 Å². The Morgan fingerprint density at radius 2 is 0.893 bits per heavy atom. The predicted molar refractivity (Wildman–Crippen MR) is 93.7 cm³/mol. The second-order valence-electron chi connectivity index (χ2n) is 4.94. The predicted octanol–water partition coefficient (Wildman–Crippen LogP) is 0.785. The molecular formula is C20H16O8. The summed E-state index contributed by atoms with van der Waals surface area (Å²) in [5.41, 5.74) is -0.356. The van der Waals surface area contributed by atoms with Crippen LogP contribution in [-0.4, -0.2) is 27.3 Å². The Morgan fingerprint density at radius 3 is 1.11 bits per heavy atom. The molecule has 3 aromatic rings. The van der Waals surface area contributed by atoms with Gasteiger partial charge in [0.2, 0.25) is 0 Å². The summed E-state index contributed by atoms with van der Waals surface area (Å²) in [6.07, 6.45) is 0. The van der Waals surface area contributed by atoms with E-state index < -0.39 is 11.9 Å². The van der Waals surface area contributed by atoms with Crippen molar-refractivity contribution in [2.75, 3.05) is 0 Å². The maximum atomic E-state index is 10.2. The average molecular weight is 384 g/mol. The Morgan fingerprint density at radius 1 is 0.571 bits per heavy atom. The highest BCUT2D eigenvalue weighted by atomic mass is 16.4. The van der Waals surface area contributed by atoms with E-state index >= 15 is 0 Å². The Bertz CT molecular complexity index is 823. The van der Waals surface area contributed by atoms with Crippen molar-refractivity contribution in [1.82, 2.24) is 0 Å². The molecule has 8 nitrogen and oxygen atoms in total. The number of rotatable bonds is 2. The molecule has 0 saturated heterocycles. The molecule has 28 heavy (non-hydrogen) atoms. The van der Waals surface area contributed by atoms with Gasteiger partial charge in [0.15, 0.2) is 0 Å². The molecule has 0 unspecified atom stereocenters. The van der Waals surface area contributed by atoms with Gasteiger partial charge in [0.05, 0.1) is 11.9 Å². The fourth-order valence-electron chi connectivity index (χ4n) is 1.72. The van der Waals surface area contributed by atoms with Gasteiger partial charge in [0, 0.05) is 11.1 Å². The first-order chi connectivity index (χ1) is 12.8. The fraction of sp³-hybridized carbons (Fsp3) is 0. The first kappa shape index (κ1) is 24.0. The highest BCUT2D eigenvalue weighted by Gasteiger charge is 2.00. The third-order valence-corrected chi connectivity index (χ3v) is 3.00. The molecule has 0 bridgehead atoms. The molecule has 0 atom stereocenters. The lowest BCUT2D eigenvalue weighted by Crippen LogP contribution is -2.22. The van der Waals surface area contributed by atoms with Crippen LogP contribution in [0.5, 0.6) is 17.2 Å². The first-order valence-electron chi connectivity index (χ1n) is 7.55. The number of aromatic carboxylic acids is 2. The monoisotopic (exact) mass is 384 g/mol. The van der Waals surface area contributed by atoms with Crippen LogP contribution in [0.4, 0.5) is 0 Å². The zero-order chi connectivity index (χ0) is 20.2. The second kappa shape index (κ2) is 12.3. The fourth-order valence-corrected chi connectivity index (χ4v) is 1.72. The van der Waals surface area contributed by atoms with E-state index in [0.717, 1.165) is 0 Å². The highest BCUT2D eigenvalue weighted by molar-refractivity contribution is 5.89. The lowest BCUT2D eigenvalue weighted by atomic mass is 10.2. The van der Waals surface area contributed by atoms with Crippen LogP contribution in [0.2, 0.25) is 0 Å². The van der Waals surface area contributed by atoms with Crippen LogP contribution < -0.4 is 10.2 Å². The van der Waals surface area contributed by atoms with Crippen molar-refractivity contribution >= 4 is 11.9 Å². The summed E-state index contributed by atoms with van der Waals surface area (Å²) in [5, 5.41) is 46.7. The van der Waals surface area contributed by atoms with Crippen LogP contribution in [0.25, 0.3) is 0 Å². The lowest BCUT2D eigenvalue weighted by Gasteiger charge is -2.02. The van der Waals surface area contributed by atoms with Crippen LogP contribution in [0.1, 0.15) is 20.7 Å². The maximum Gasteiger partial charge on any atom is 2.00 e. The molecule has 0 heterocycles. The molecule has 8 heteroatoms. The molecule has 0 amide bonds. The lowest BCUT2D eigenvalue weighted by molar-refractivity contribution is -0.256. The molecule has 0 aliphatic carbocycles. The molecule has 3 N–H and O–H groups in total. The van der Waals surface area contributed by atoms with Gasteiger partial charge in [-0.3, -0.25) is 0 Å². The third kappa shape index (κ3) is 8.37. The molecule has 0 aromatic heterocycles. The number of aromatic hydroxyl groups is 3. The largest absolute Gasteiger partial charge is 2.00 e. The molecule has 0 aliphatic heterocycles. The maximum absolute atomic E-state index is 10.2. The number of phenolic OH excluding ortho intramolecular Hbond substituents is 1. The highest BCUT2D eigenvalue weighted by Crippen LogP contribution is 2.14. The number of carbonyl (C=O) groups excluding carboxylic acids is 2. The summed E-state index contributed by atoms with van der Waals surface area (Å²) in [7, 11) is 0. The van der Waals surface area contributed by atoms with Crippen LogP contribution in [0.3, 0.4) is 0 Å². The van der Waals surface area contributed by atoms with E-state index in [-0.39, 0.29) is 28.1 Å². The number of hydrogen-bond acceptors (Lipinski definition) is 7. The minimum atomic E-state index is -1.36. The molecule has 3 aromatic carbocycles. The molecule has 0 saturated carbocycles. The van der Waals surface area contributed by atoms with Crippen molar-refractivity contribution < 1.29 is 40.6 Å². The summed E-state index contributed by atoms with van der Waals surface area (Å²) in [6, 6.07) is 20.0. The van der Waals surface area contributed by atoms with Gasteiger partial charge in [-0.25, -0.2) is 0 Å². The van der Waals surface area contributed by atoms with Gasteiger partial charge >= 0.3 is 5.48 Å². The summed E-state index contributed by atoms with van der Waals surface area (Å²) in [5.74, 6) is -2.93. The quantitative estimate of drug-likeness (QED) is 0.586. The molecule has 0 aliphatic rings. The van der Waals surface area contributed by atoms with Gasteiger partial charge in [0.1, 0.15) is 17.2 Å². The summed E-state index contributed by atoms with van der Waals surface area (Å²) < 4.78 is 0. The summed E-state index contributed by atoms with van der Waals surface area (Å²) in [6.45, 7) is 0. The average Bonchev–Trinajstić information content (AvgIpc) is 2.64. The molecule has 144 valence electrons. The zero-order valence-electron chi connectivity index (χ0n) is 14.4. The SMILES string of the molecule is O=C([O-])c1ccccc1O.O=C([O-])c1ccccc1O.Oc1ccccc1.[O+2]. The Kier molecular flexibility index (Phi) is 10.6. The van der Waals surface area contributed by atoms with E-state index in [2.05, 4.69) is 0 Å². The van der Waals surface area contributed by atoms with Crippen molar-refractivity contribution in [3.05, 3.63) is 90.0 Å². The van der Waals surface area contributed by atoms with Crippen molar-refractivity contribution in [2.45, 2.75) is 0 Å². The molecule has 4 radical (unpaired) electrons. The minimum Gasteiger partial charge on any atom is -0.545 e. The Hall–Kier alpha value is -4.04. The standard InChI is InChI=1S/2C7H6O3.C6H6O.O/c2*8-6-4-2-1-3-5(6)7(9)10;7-6-4-2-1-3-5-6;/h2*1-4,8H,(H,9,10);1-5,7H;/q;;;+2/p-2. The number of carboxylic acid groups (broad SMARTS) is 2. The summed E-state index contributed by atoms with van der Waals surface area (Å²) >= 11 is 0. The van der Waals surface area contributed by atoms with Gasteiger partial charge < -0.3 is 35.1 Å². The summed E-state index contributed by atoms with van der Waals surface area (Å²) in [4.78, 5) is 20.3. The topological polar surface area (TPSA) is 169 Å². The van der Waals surface area contributed by atoms with E-state index in [4.69, 9.17) is 15.3 Å². The molecular weight excluding hydrogens is 368 g/mol. The Balaban J connectivity index is 0.000000390. The van der Waals surface area contributed by atoms with E-state index in [0.29, 0.717) is 5.75 Å².